The van der Waals surface area contributed by atoms with Gasteiger partial charge in [0.25, 0.3) is 0 Å². The van der Waals surface area contributed by atoms with E-state index >= 15 is 0 Å². The first-order chi connectivity index (χ1) is 9.62. The molecular weight excluding hydrogens is 377 g/mol. The molecule has 0 radical (unpaired) electrons. The summed E-state index contributed by atoms with van der Waals surface area (Å²) < 4.78 is 6.48. The van der Waals surface area contributed by atoms with Crippen LogP contribution in [0.25, 0.3) is 0 Å². The van der Waals surface area contributed by atoms with Gasteiger partial charge < -0.3 is 33.2 Å². The van der Waals surface area contributed by atoms with Gasteiger partial charge in [0.1, 0.15) is 0 Å². The predicted octanol–water partition coefficient (Wildman–Crippen LogP) is 0.257. The third kappa shape index (κ3) is 5.25. The average molecular weight is 403 g/mol. The average Bonchev–Trinajstić information content (AvgIpc) is 2.48. The minimum absolute atomic E-state index is 0. The van der Waals surface area contributed by atoms with Crippen molar-refractivity contribution in [1.29, 1.82) is 0 Å². The molecule has 1 heterocycles. The van der Waals surface area contributed by atoms with Gasteiger partial charge in [0, 0.05) is 6.42 Å². The summed E-state index contributed by atoms with van der Waals surface area (Å²) in [6.45, 7) is 5.22. The van der Waals surface area contributed by atoms with Crippen LogP contribution in [0, 0.1) is 0 Å². The second kappa shape index (κ2) is 8.73. The molecule has 0 saturated carbocycles. The molecular formula is C17H26INO2. The van der Waals surface area contributed by atoms with Crippen LogP contribution in [0.2, 0.25) is 0 Å². The number of piperidine rings is 1. The normalized spacial score (nSPS) is 25.0. The first-order valence-electron chi connectivity index (χ1n) is 7.68. The van der Waals surface area contributed by atoms with Gasteiger partial charge in [-0.25, -0.2) is 4.79 Å². The van der Waals surface area contributed by atoms with Crippen LogP contribution in [-0.4, -0.2) is 43.2 Å². The zero-order valence-electron chi connectivity index (χ0n) is 13.1. The Morgan fingerprint density at radius 2 is 2.00 bits per heavy atom. The fourth-order valence-electron chi connectivity index (χ4n) is 3.03. The fourth-order valence-corrected chi connectivity index (χ4v) is 3.03. The highest BCUT2D eigenvalue weighted by Gasteiger charge is 2.31. The first kappa shape index (κ1) is 18.4. The molecule has 0 aliphatic carbocycles. The number of esters is 1. The van der Waals surface area contributed by atoms with E-state index < -0.39 is 0 Å². The Kier molecular flexibility index (Phi) is 7.66. The number of benzene rings is 1. The lowest BCUT2D eigenvalue weighted by Gasteiger charge is -2.43. The van der Waals surface area contributed by atoms with E-state index in [1.807, 2.05) is 18.2 Å². The van der Waals surface area contributed by atoms with E-state index in [-0.39, 0.29) is 29.9 Å². The molecule has 1 fully saturated rings. The Labute approximate surface area is 145 Å². The SMILES string of the molecule is CC1CCCC[N+]1(C)CCCOC(=O)c1ccccc1.[I-]. The summed E-state index contributed by atoms with van der Waals surface area (Å²) in [4.78, 5) is 11.8. The molecule has 2 atom stereocenters. The van der Waals surface area contributed by atoms with E-state index in [1.165, 1.54) is 25.8 Å². The number of ether oxygens (including phenoxy) is 1. The van der Waals surface area contributed by atoms with Gasteiger partial charge in [-0.3, -0.25) is 0 Å². The van der Waals surface area contributed by atoms with Gasteiger partial charge in [-0.05, 0) is 38.3 Å². The molecule has 4 heteroatoms. The zero-order valence-corrected chi connectivity index (χ0v) is 15.2. The van der Waals surface area contributed by atoms with Gasteiger partial charge in [-0.1, -0.05) is 18.2 Å². The number of carbonyl (C=O) groups excluding carboxylic acids is 1. The summed E-state index contributed by atoms with van der Waals surface area (Å²) in [5.74, 6) is -0.208. The molecule has 2 rings (SSSR count). The summed E-state index contributed by atoms with van der Waals surface area (Å²) in [5, 5.41) is 0. The van der Waals surface area contributed by atoms with E-state index in [9.17, 15) is 4.79 Å². The van der Waals surface area contributed by atoms with Crippen LogP contribution in [0.1, 0.15) is 43.0 Å². The van der Waals surface area contributed by atoms with E-state index in [1.54, 1.807) is 12.1 Å². The third-order valence-corrected chi connectivity index (χ3v) is 4.66. The molecule has 0 aromatic heterocycles. The van der Waals surface area contributed by atoms with Crippen molar-refractivity contribution < 1.29 is 38.0 Å². The lowest BCUT2D eigenvalue weighted by Crippen LogP contribution is -3.00. The number of hydrogen-bond donors (Lipinski definition) is 0. The number of carbonyl (C=O) groups is 1. The van der Waals surface area contributed by atoms with E-state index in [2.05, 4.69) is 14.0 Å². The van der Waals surface area contributed by atoms with Crippen molar-refractivity contribution in [2.75, 3.05) is 26.7 Å². The van der Waals surface area contributed by atoms with Crippen molar-refractivity contribution in [2.24, 2.45) is 0 Å². The molecule has 3 nitrogen and oxygen atoms in total. The monoisotopic (exact) mass is 403 g/mol. The number of likely N-dealkylation sites (tertiary alicyclic amines) is 1. The van der Waals surface area contributed by atoms with Crippen LogP contribution in [0.15, 0.2) is 30.3 Å². The maximum absolute atomic E-state index is 11.8. The summed E-state index contributed by atoms with van der Waals surface area (Å²) in [7, 11) is 2.34. The van der Waals surface area contributed by atoms with E-state index in [0.29, 0.717) is 12.2 Å². The summed E-state index contributed by atoms with van der Waals surface area (Å²) >= 11 is 0. The van der Waals surface area contributed by atoms with Gasteiger partial charge in [0.05, 0.1) is 38.3 Å². The largest absolute Gasteiger partial charge is 1.00 e. The number of nitrogens with zero attached hydrogens (tertiary/aromatic N) is 1. The zero-order chi connectivity index (χ0) is 14.4. The molecule has 1 aliphatic heterocycles. The maximum Gasteiger partial charge on any atom is 0.338 e. The molecule has 0 spiro atoms. The molecule has 1 aromatic rings. The van der Waals surface area contributed by atoms with Crippen LogP contribution in [0.4, 0.5) is 0 Å². The molecule has 1 aliphatic rings. The highest BCUT2D eigenvalue weighted by Crippen LogP contribution is 2.23. The molecule has 2 unspecified atom stereocenters. The van der Waals surface area contributed by atoms with Crippen molar-refractivity contribution in [3.05, 3.63) is 35.9 Å². The molecule has 118 valence electrons. The highest BCUT2D eigenvalue weighted by molar-refractivity contribution is 5.89. The van der Waals surface area contributed by atoms with Gasteiger partial charge in [-0.15, -0.1) is 0 Å². The Morgan fingerprint density at radius 1 is 1.29 bits per heavy atom. The molecule has 1 aromatic carbocycles. The van der Waals surface area contributed by atoms with Crippen LogP contribution in [0.3, 0.4) is 0 Å². The Balaban J connectivity index is 0.00000220. The van der Waals surface area contributed by atoms with E-state index in [0.717, 1.165) is 23.5 Å². The highest BCUT2D eigenvalue weighted by atomic mass is 127. The lowest BCUT2D eigenvalue weighted by molar-refractivity contribution is -0.936. The van der Waals surface area contributed by atoms with Gasteiger partial charge in [0.2, 0.25) is 0 Å². The minimum Gasteiger partial charge on any atom is -1.00 e. The molecule has 0 bridgehead atoms. The van der Waals surface area contributed by atoms with Gasteiger partial charge >= 0.3 is 5.97 Å². The van der Waals surface area contributed by atoms with Crippen LogP contribution in [0.5, 0.6) is 0 Å². The minimum atomic E-state index is -0.208. The topological polar surface area (TPSA) is 26.3 Å². The molecule has 0 amide bonds. The number of rotatable bonds is 5. The first-order valence-corrected chi connectivity index (χ1v) is 7.68. The lowest BCUT2D eigenvalue weighted by atomic mass is 10.0. The van der Waals surface area contributed by atoms with Crippen molar-refractivity contribution in [2.45, 2.75) is 38.6 Å². The van der Waals surface area contributed by atoms with Crippen molar-refractivity contribution in [3.63, 3.8) is 0 Å². The van der Waals surface area contributed by atoms with Gasteiger partial charge in [0.15, 0.2) is 0 Å². The van der Waals surface area contributed by atoms with Crippen molar-refractivity contribution >= 4 is 5.97 Å². The van der Waals surface area contributed by atoms with Crippen LogP contribution < -0.4 is 24.0 Å². The summed E-state index contributed by atoms with van der Waals surface area (Å²) in [6, 6.07) is 9.94. The van der Waals surface area contributed by atoms with E-state index in [4.69, 9.17) is 4.74 Å². The predicted molar refractivity (Wildman–Crippen MR) is 80.6 cm³/mol. The Morgan fingerprint density at radius 3 is 2.67 bits per heavy atom. The second-order valence-corrected chi connectivity index (χ2v) is 6.13. The molecule has 1 saturated heterocycles. The summed E-state index contributed by atoms with van der Waals surface area (Å²) in [5.41, 5.74) is 0.638. The van der Waals surface area contributed by atoms with Gasteiger partial charge in [-0.2, -0.15) is 0 Å². The Bertz CT molecular complexity index is 438. The molecule has 0 N–H and O–H groups in total. The standard InChI is InChI=1S/C17H26NO2.HI/c1-15-9-6-7-12-18(15,2)13-8-14-20-17(19)16-10-4-3-5-11-16;/h3-5,10-11,15H,6-9,12-14H2,1-2H3;1H/q+1;/p-1. The van der Waals surface area contributed by atoms with Crippen molar-refractivity contribution in [3.8, 4) is 0 Å². The molecule has 21 heavy (non-hydrogen) atoms. The second-order valence-electron chi connectivity index (χ2n) is 6.13. The quantitative estimate of drug-likeness (QED) is 0.305. The van der Waals surface area contributed by atoms with Crippen LogP contribution in [-0.2, 0) is 4.74 Å². The summed E-state index contributed by atoms with van der Waals surface area (Å²) in [6.07, 6.45) is 4.95. The third-order valence-electron chi connectivity index (χ3n) is 4.66. The van der Waals surface area contributed by atoms with Crippen molar-refractivity contribution in [1.82, 2.24) is 0 Å². The number of hydrogen-bond acceptors (Lipinski definition) is 2. The van der Waals surface area contributed by atoms with Crippen LogP contribution >= 0.6 is 0 Å². The fraction of sp³-hybridized carbons (Fsp3) is 0.588. The number of halogens is 1. The number of quaternary nitrogens is 1. The Hall–Kier alpha value is -0.620. The maximum atomic E-state index is 11.8. The smallest absolute Gasteiger partial charge is 0.338 e.